The molecule has 2 aromatic rings. The summed E-state index contributed by atoms with van der Waals surface area (Å²) >= 11 is 0. The summed E-state index contributed by atoms with van der Waals surface area (Å²) in [5.41, 5.74) is 7.36. The molecule has 0 atom stereocenters. The zero-order chi connectivity index (χ0) is 23.8. The molecular weight excluding hydrogens is 340 g/mol. The van der Waals surface area contributed by atoms with Gasteiger partial charge in [0.25, 0.3) is 0 Å². The van der Waals surface area contributed by atoms with E-state index in [9.17, 15) is 2.74 Å². The maximum absolute atomic E-state index is 9.52. The van der Waals surface area contributed by atoms with Gasteiger partial charge in [0.15, 0.2) is 0 Å². The lowest BCUT2D eigenvalue weighted by Crippen LogP contribution is -2.56. The van der Waals surface area contributed by atoms with E-state index >= 15 is 0 Å². The van der Waals surface area contributed by atoms with Crippen LogP contribution in [-0.2, 0) is 12.5 Å². The van der Waals surface area contributed by atoms with Crippen molar-refractivity contribution in [1.82, 2.24) is 9.47 Å². The number of benzene rings is 1. The van der Waals surface area contributed by atoms with Crippen LogP contribution in [-0.4, -0.2) is 27.0 Å². The fourth-order valence-corrected chi connectivity index (χ4v) is 4.98. The van der Waals surface area contributed by atoms with Gasteiger partial charge in [-0.05, 0) is 104 Å². The first-order valence-corrected chi connectivity index (χ1v) is 10.6. The average Bonchev–Trinajstić information content (AvgIpc) is 2.80. The normalized spacial score (nSPS) is 15.4. The minimum atomic E-state index is -1.57. The summed E-state index contributed by atoms with van der Waals surface area (Å²) in [6.07, 6.45) is 0. The van der Waals surface area contributed by atoms with Crippen molar-refractivity contribution in [1.29, 1.82) is 0 Å². The van der Waals surface area contributed by atoms with Crippen LogP contribution in [0.25, 0.3) is 10.9 Å². The van der Waals surface area contributed by atoms with Crippen LogP contribution in [0.5, 0.6) is 0 Å². The summed E-state index contributed by atoms with van der Waals surface area (Å²) in [6.45, 7) is 26.2. The van der Waals surface area contributed by atoms with Crippen LogP contribution in [0.15, 0.2) is 0 Å². The third-order valence-corrected chi connectivity index (χ3v) is 6.46. The van der Waals surface area contributed by atoms with Crippen molar-refractivity contribution in [2.24, 2.45) is 7.05 Å². The zero-order valence-corrected chi connectivity index (χ0v) is 20.9. The SMILES string of the molecule is [2H]C([2H])(N(C(C)(C)C)C(C)(C)C)C(C)(C)c1c(C)n(C)c2c(C)c(C)c(C)c(C)c12. The molecular formula is C26H44N2. The molecule has 1 aromatic heterocycles. The molecule has 2 heteroatoms. The van der Waals surface area contributed by atoms with Crippen molar-refractivity contribution >= 4 is 10.9 Å². The maximum Gasteiger partial charge on any atom is 0.0518 e. The molecule has 2 nitrogen and oxygen atoms in total. The Hall–Kier alpha value is -1.28. The summed E-state index contributed by atoms with van der Waals surface area (Å²) in [5.74, 6) is 0. The molecule has 1 aromatic carbocycles. The number of hydrogen-bond acceptors (Lipinski definition) is 1. The second kappa shape index (κ2) is 6.90. The van der Waals surface area contributed by atoms with E-state index in [1.165, 1.54) is 33.2 Å². The number of fused-ring (bicyclic) bond motifs is 1. The zero-order valence-electron chi connectivity index (χ0n) is 22.9. The predicted octanol–water partition coefficient (Wildman–Crippen LogP) is 6.90. The van der Waals surface area contributed by atoms with Crippen molar-refractivity contribution in [3.05, 3.63) is 33.5 Å². The van der Waals surface area contributed by atoms with E-state index in [0.717, 1.165) is 11.3 Å². The molecule has 0 N–H and O–H groups in total. The van der Waals surface area contributed by atoms with Gasteiger partial charge in [0, 0.05) is 43.9 Å². The molecule has 0 bridgehead atoms. The fraction of sp³-hybridized carbons (Fsp3) is 0.692. The van der Waals surface area contributed by atoms with Gasteiger partial charge >= 0.3 is 0 Å². The predicted molar refractivity (Wildman–Crippen MR) is 126 cm³/mol. The van der Waals surface area contributed by atoms with Gasteiger partial charge in [0.2, 0.25) is 0 Å². The second-order valence-corrected chi connectivity index (χ2v) is 11.2. The van der Waals surface area contributed by atoms with Crippen LogP contribution in [0, 0.1) is 34.6 Å². The molecule has 158 valence electrons. The molecule has 0 aliphatic carbocycles. The standard InChI is InChI=1S/C26H44N2/c1-16-17(2)19(4)23-21(18(16)3)22(20(5)27(23)14)26(12,13)15-28(24(6,7)8)25(9,10)11/h15H2,1-14H3/i15D2. The van der Waals surface area contributed by atoms with Crippen LogP contribution in [0.2, 0.25) is 0 Å². The first-order chi connectivity index (χ1) is 13.2. The molecule has 1 heterocycles. The van der Waals surface area contributed by atoms with Crippen LogP contribution in [0.3, 0.4) is 0 Å². The van der Waals surface area contributed by atoms with E-state index in [-0.39, 0.29) is 11.1 Å². The van der Waals surface area contributed by atoms with E-state index in [1.807, 2.05) is 0 Å². The van der Waals surface area contributed by atoms with Gasteiger partial charge in [-0.2, -0.15) is 0 Å². The summed E-state index contributed by atoms with van der Waals surface area (Å²) in [6, 6.07) is 0. The topological polar surface area (TPSA) is 8.17 Å². The van der Waals surface area contributed by atoms with Gasteiger partial charge < -0.3 is 4.57 Å². The van der Waals surface area contributed by atoms with E-state index in [1.54, 1.807) is 0 Å². The molecule has 0 radical (unpaired) electrons. The first kappa shape index (κ1) is 20.0. The van der Waals surface area contributed by atoms with Crippen LogP contribution in [0.4, 0.5) is 0 Å². The molecule has 0 aliphatic heterocycles. The minimum absolute atomic E-state index is 0.324. The molecule has 0 saturated heterocycles. The number of aromatic nitrogens is 1. The lowest BCUT2D eigenvalue weighted by Gasteiger charge is -2.49. The Kier molecular flexibility index (Phi) is 4.93. The smallest absolute Gasteiger partial charge is 0.0518 e. The number of hydrogen-bond donors (Lipinski definition) is 0. The Labute approximate surface area is 177 Å². The quantitative estimate of drug-likeness (QED) is 0.557. The summed E-state index contributed by atoms with van der Waals surface area (Å²) in [4.78, 5) is 2.06. The summed E-state index contributed by atoms with van der Waals surface area (Å²) in [5, 5.41) is 1.23. The molecule has 0 unspecified atom stereocenters. The lowest BCUT2D eigenvalue weighted by atomic mass is 9.78. The molecule has 0 fully saturated rings. The van der Waals surface area contributed by atoms with Crippen molar-refractivity contribution < 1.29 is 2.74 Å². The Bertz CT molecular complexity index is 966. The Morgan fingerprint density at radius 3 is 1.61 bits per heavy atom. The summed E-state index contributed by atoms with van der Waals surface area (Å²) < 4.78 is 21.3. The number of rotatable bonds is 3. The van der Waals surface area contributed by atoms with Gasteiger partial charge in [-0.3, -0.25) is 4.90 Å². The van der Waals surface area contributed by atoms with Crippen LogP contribution >= 0.6 is 0 Å². The highest BCUT2D eigenvalue weighted by Gasteiger charge is 2.38. The van der Waals surface area contributed by atoms with Gasteiger partial charge in [-0.1, -0.05) is 13.8 Å². The largest absolute Gasteiger partial charge is 0.347 e. The van der Waals surface area contributed by atoms with E-state index in [2.05, 4.69) is 107 Å². The van der Waals surface area contributed by atoms with Gasteiger partial charge in [-0.25, -0.2) is 0 Å². The highest BCUT2D eigenvalue weighted by Crippen LogP contribution is 2.42. The van der Waals surface area contributed by atoms with Crippen LogP contribution < -0.4 is 0 Å². The van der Waals surface area contributed by atoms with Gasteiger partial charge in [0.1, 0.15) is 0 Å². The molecule has 2 rings (SSSR count). The maximum atomic E-state index is 9.52. The van der Waals surface area contributed by atoms with Crippen LogP contribution in [0.1, 0.15) is 91.6 Å². The van der Waals surface area contributed by atoms with Crippen molar-refractivity contribution in [2.75, 3.05) is 6.50 Å². The second-order valence-electron chi connectivity index (χ2n) is 11.2. The molecule has 28 heavy (non-hydrogen) atoms. The first-order valence-electron chi connectivity index (χ1n) is 11.6. The third kappa shape index (κ3) is 3.65. The van der Waals surface area contributed by atoms with E-state index in [4.69, 9.17) is 0 Å². The van der Waals surface area contributed by atoms with Crippen molar-refractivity contribution in [2.45, 2.75) is 107 Å². The molecule has 0 aliphatic rings. The average molecular weight is 387 g/mol. The monoisotopic (exact) mass is 386 g/mol. The highest BCUT2D eigenvalue weighted by molar-refractivity contribution is 5.94. The Balaban J connectivity index is 3.00. The molecule has 0 amide bonds. The van der Waals surface area contributed by atoms with Gasteiger partial charge in [0.05, 0.1) is 5.52 Å². The van der Waals surface area contributed by atoms with Crippen molar-refractivity contribution in [3.63, 3.8) is 0 Å². The summed E-state index contributed by atoms with van der Waals surface area (Å²) in [7, 11) is 2.12. The molecule has 0 spiro atoms. The van der Waals surface area contributed by atoms with Crippen molar-refractivity contribution in [3.8, 4) is 0 Å². The Morgan fingerprint density at radius 2 is 1.18 bits per heavy atom. The lowest BCUT2D eigenvalue weighted by molar-refractivity contribution is 0.0201. The van der Waals surface area contributed by atoms with Gasteiger partial charge in [-0.15, -0.1) is 0 Å². The minimum Gasteiger partial charge on any atom is -0.347 e. The third-order valence-electron chi connectivity index (χ3n) is 6.46. The van der Waals surface area contributed by atoms with E-state index < -0.39 is 11.9 Å². The number of aryl methyl sites for hydroxylation is 3. The fourth-order valence-electron chi connectivity index (χ4n) is 4.98. The van der Waals surface area contributed by atoms with E-state index in [0.29, 0.717) is 0 Å². The number of nitrogens with zero attached hydrogens (tertiary/aromatic N) is 2. The highest BCUT2D eigenvalue weighted by atomic mass is 15.2. The Morgan fingerprint density at radius 1 is 0.750 bits per heavy atom. The molecule has 0 saturated carbocycles.